The highest BCUT2D eigenvalue weighted by Crippen LogP contribution is 2.28. The highest BCUT2D eigenvalue weighted by atomic mass is 32.2. The van der Waals surface area contributed by atoms with Crippen LogP contribution < -0.4 is 10.3 Å². The molecule has 1 aromatic heterocycles. The normalized spacial score (nSPS) is 10.7. The number of methoxy groups -OCH3 is 1. The number of thioether (sulfide) groups is 1. The van der Waals surface area contributed by atoms with Crippen LogP contribution in [0.5, 0.6) is 11.6 Å². The number of rotatable bonds is 9. The summed E-state index contributed by atoms with van der Waals surface area (Å²) in [6.45, 7) is 2.02. The number of unbranched alkanes of at least 4 members (excludes halogenated alkanes) is 1. The van der Waals surface area contributed by atoms with E-state index in [0.717, 1.165) is 24.6 Å². The molecule has 0 aliphatic rings. The molecule has 0 atom stereocenters. The van der Waals surface area contributed by atoms with Crippen LogP contribution in [-0.4, -0.2) is 33.3 Å². The smallest absolute Gasteiger partial charge is 0.265 e. The number of carbonyl (C=O) groups excluding carboxylic acids is 1. The third kappa shape index (κ3) is 4.74. The van der Waals surface area contributed by atoms with Gasteiger partial charge in [-0.3, -0.25) is 14.2 Å². The molecule has 0 aliphatic carbocycles. The molecule has 0 fully saturated rings. The van der Waals surface area contributed by atoms with Crippen LogP contribution in [0.1, 0.15) is 35.7 Å². The molecule has 3 rings (SSSR count). The summed E-state index contributed by atoms with van der Waals surface area (Å²) >= 11 is 1.11. The average molecular weight is 425 g/mol. The molecule has 0 saturated heterocycles. The molecule has 156 valence electrons. The first-order valence-electron chi connectivity index (χ1n) is 9.76. The van der Waals surface area contributed by atoms with Gasteiger partial charge < -0.3 is 9.84 Å². The summed E-state index contributed by atoms with van der Waals surface area (Å²) in [6.07, 6.45) is 2.07. The summed E-state index contributed by atoms with van der Waals surface area (Å²) in [7, 11) is 1.53. The average Bonchev–Trinajstić information content (AvgIpc) is 2.78. The van der Waals surface area contributed by atoms with Crippen molar-refractivity contribution >= 4 is 17.5 Å². The molecule has 3 aromatic rings. The van der Waals surface area contributed by atoms with Gasteiger partial charge in [-0.05, 0) is 25.0 Å². The molecule has 0 spiro atoms. The summed E-state index contributed by atoms with van der Waals surface area (Å²) in [6, 6.07) is 16.1. The highest BCUT2D eigenvalue weighted by molar-refractivity contribution is 7.99. The zero-order valence-electron chi connectivity index (χ0n) is 17.0. The molecule has 30 heavy (non-hydrogen) atoms. The maximum absolute atomic E-state index is 13.3. The molecule has 0 saturated carbocycles. The minimum absolute atomic E-state index is 0.0827. The van der Waals surface area contributed by atoms with Crippen molar-refractivity contribution in [1.29, 1.82) is 0 Å². The Bertz CT molecular complexity index is 1080. The Morgan fingerprint density at radius 3 is 2.53 bits per heavy atom. The number of aromatic hydroxyl groups is 1. The Hall–Kier alpha value is -3.06. The standard InChI is InChI=1S/C23H24N2O4S/c1-3-4-12-17-21(27)24-23(30-15-19(26)16-10-6-5-7-11-16)25(22(17)28)18-13-8-9-14-20(18)29-2/h5-11,13-14,27H,3-4,12,15H2,1-2H3. The third-order valence-corrected chi connectivity index (χ3v) is 5.60. The number of ketones is 1. The van der Waals surface area contributed by atoms with Crippen molar-refractivity contribution in [2.75, 3.05) is 12.9 Å². The quantitative estimate of drug-likeness (QED) is 0.314. The topological polar surface area (TPSA) is 81.4 Å². The van der Waals surface area contributed by atoms with E-state index in [1.165, 1.54) is 11.7 Å². The summed E-state index contributed by atoms with van der Waals surface area (Å²) in [4.78, 5) is 30.1. The van der Waals surface area contributed by atoms with Crippen LogP contribution in [0.4, 0.5) is 0 Å². The van der Waals surface area contributed by atoms with Crippen LogP contribution in [-0.2, 0) is 6.42 Å². The Kier molecular flexibility index (Phi) is 7.30. The number of benzene rings is 2. The van der Waals surface area contributed by atoms with Gasteiger partial charge in [-0.2, -0.15) is 4.98 Å². The fourth-order valence-corrected chi connectivity index (χ4v) is 3.95. The lowest BCUT2D eigenvalue weighted by atomic mass is 10.1. The molecular formula is C23H24N2O4S. The molecular weight excluding hydrogens is 400 g/mol. The largest absolute Gasteiger partial charge is 0.495 e. The lowest BCUT2D eigenvalue weighted by molar-refractivity contribution is 0.102. The minimum atomic E-state index is -0.352. The fourth-order valence-electron chi connectivity index (χ4n) is 3.06. The predicted molar refractivity (Wildman–Crippen MR) is 118 cm³/mol. The Morgan fingerprint density at radius 1 is 1.13 bits per heavy atom. The van der Waals surface area contributed by atoms with Crippen molar-refractivity contribution in [2.45, 2.75) is 31.3 Å². The lowest BCUT2D eigenvalue weighted by Crippen LogP contribution is -2.26. The molecule has 2 aromatic carbocycles. The van der Waals surface area contributed by atoms with Crippen molar-refractivity contribution in [3.05, 3.63) is 76.1 Å². The molecule has 0 bridgehead atoms. The minimum Gasteiger partial charge on any atom is -0.495 e. The van der Waals surface area contributed by atoms with Crippen LogP contribution in [0.3, 0.4) is 0 Å². The number of Topliss-reactive ketones (excluding diaryl/α,β-unsaturated/α-hetero) is 1. The van der Waals surface area contributed by atoms with Gasteiger partial charge >= 0.3 is 0 Å². The van der Waals surface area contributed by atoms with E-state index in [9.17, 15) is 14.7 Å². The second kappa shape index (κ2) is 10.1. The maximum Gasteiger partial charge on any atom is 0.265 e. The second-order valence-corrected chi connectivity index (χ2v) is 7.63. The number of nitrogens with zero attached hydrogens (tertiary/aromatic N) is 2. The van der Waals surface area contributed by atoms with Crippen LogP contribution in [0, 0.1) is 0 Å². The van der Waals surface area contributed by atoms with Gasteiger partial charge in [-0.1, -0.05) is 67.6 Å². The van der Waals surface area contributed by atoms with Gasteiger partial charge in [-0.15, -0.1) is 0 Å². The summed E-state index contributed by atoms with van der Waals surface area (Å²) in [5.41, 5.74) is 1.02. The van der Waals surface area contributed by atoms with Crippen LogP contribution >= 0.6 is 11.8 Å². The van der Waals surface area contributed by atoms with E-state index < -0.39 is 0 Å². The number of hydrogen-bond donors (Lipinski definition) is 1. The second-order valence-electron chi connectivity index (χ2n) is 6.69. The van der Waals surface area contributed by atoms with E-state index in [0.29, 0.717) is 23.4 Å². The fraction of sp³-hybridized carbons (Fsp3) is 0.261. The molecule has 6 nitrogen and oxygen atoms in total. The number of para-hydroxylation sites is 2. The number of aromatic nitrogens is 2. The molecule has 0 unspecified atom stereocenters. The first-order chi connectivity index (χ1) is 14.6. The van der Waals surface area contributed by atoms with Gasteiger partial charge in [0.2, 0.25) is 5.88 Å². The van der Waals surface area contributed by atoms with Crippen molar-refractivity contribution in [3.8, 4) is 17.3 Å². The van der Waals surface area contributed by atoms with Crippen LogP contribution in [0.15, 0.2) is 64.5 Å². The monoisotopic (exact) mass is 424 g/mol. The van der Waals surface area contributed by atoms with Crippen molar-refractivity contribution < 1.29 is 14.6 Å². The third-order valence-electron chi connectivity index (χ3n) is 4.66. The summed E-state index contributed by atoms with van der Waals surface area (Å²) in [5, 5.41) is 10.7. The van der Waals surface area contributed by atoms with Gasteiger partial charge in [0.15, 0.2) is 10.9 Å². The van der Waals surface area contributed by atoms with E-state index >= 15 is 0 Å². The van der Waals surface area contributed by atoms with E-state index in [1.54, 1.807) is 42.5 Å². The SMILES string of the molecule is CCCCc1c(O)nc(SCC(=O)c2ccccc2)n(-c2ccccc2OC)c1=O. The van der Waals surface area contributed by atoms with E-state index in [-0.39, 0.29) is 33.7 Å². The molecule has 0 aliphatic heterocycles. The van der Waals surface area contributed by atoms with Gasteiger partial charge in [0, 0.05) is 5.56 Å². The molecule has 7 heteroatoms. The van der Waals surface area contributed by atoms with E-state index in [4.69, 9.17) is 4.74 Å². The predicted octanol–water partition coefficient (Wildman–Crippen LogP) is 4.26. The van der Waals surface area contributed by atoms with E-state index in [2.05, 4.69) is 4.98 Å². The maximum atomic E-state index is 13.3. The van der Waals surface area contributed by atoms with Gasteiger partial charge in [0.1, 0.15) is 5.75 Å². The van der Waals surface area contributed by atoms with E-state index in [1.807, 2.05) is 19.1 Å². The molecule has 0 amide bonds. The summed E-state index contributed by atoms with van der Waals surface area (Å²) in [5.74, 6) is 0.217. The molecule has 1 heterocycles. The Morgan fingerprint density at radius 2 is 1.83 bits per heavy atom. The van der Waals surface area contributed by atoms with Gasteiger partial charge in [-0.25, -0.2) is 0 Å². The van der Waals surface area contributed by atoms with Crippen molar-refractivity contribution in [1.82, 2.24) is 9.55 Å². The van der Waals surface area contributed by atoms with Gasteiger partial charge in [0.25, 0.3) is 5.56 Å². The summed E-state index contributed by atoms with van der Waals surface area (Å²) < 4.78 is 6.85. The zero-order chi connectivity index (χ0) is 21.5. The van der Waals surface area contributed by atoms with Crippen molar-refractivity contribution in [3.63, 3.8) is 0 Å². The van der Waals surface area contributed by atoms with Crippen LogP contribution in [0.2, 0.25) is 0 Å². The highest BCUT2D eigenvalue weighted by Gasteiger charge is 2.20. The number of hydrogen-bond acceptors (Lipinski definition) is 6. The first-order valence-corrected chi connectivity index (χ1v) is 10.7. The Labute approximate surface area is 179 Å². The number of ether oxygens (including phenoxy) is 1. The zero-order valence-corrected chi connectivity index (χ0v) is 17.8. The van der Waals surface area contributed by atoms with Gasteiger partial charge in [0.05, 0.1) is 24.1 Å². The molecule has 1 N–H and O–H groups in total. The number of carbonyl (C=O) groups is 1. The first kappa shape index (κ1) is 21.6. The Balaban J connectivity index is 2.05. The van der Waals surface area contributed by atoms with Crippen molar-refractivity contribution in [2.24, 2.45) is 0 Å². The molecule has 0 radical (unpaired) electrons. The van der Waals surface area contributed by atoms with Crippen LogP contribution in [0.25, 0.3) is 5.69 Å². The lowest BCUT2D eigenvalue weighted by Gasteiger charge is -2.16.